The minimum atomic E-state index is -0.518. The van der Waals surface area contributed by atoms with Crippen LogP contribution in [0.5, 0.6) is 0 Å². The number of ether oxygens (including phenoxy) is 1. The molecule has 0 aliphatic rings. The number of hydrogen-bond donors (Lipinski definition) is 2. The quantitative estimate of drug-likeness (QED) is 0.370. The number of unbranched alkanes of at least 4 members (excludes halogenated alkanes) is 1. The van der Waals surface area contributed by atoms with Gasteiger partial charge in [0.15, 0.2) is 0 Å². The van der Waals surface area contributed by atoms with Gasteiger partial charge in [-0.3, -0.25) is 5.41 Å². The van der Waals surface area contributed by atoms with Crippen molar-refractivity contribution in [1.82, 2.24) is 0 Å². The molecule has 0 aliphatic carbocycles. The first kappa shape index (κ1) is 13.1. The summed E-state index contributed by atoms with van der Waals surface area (Å²) < 4.78 is 4.91. The summed E-state index contributed by atoms with van der Waals surface area (Å²) >= 11 is 0. The molecule has 4 heteroatoms. The molecule has 1 atom stereocenters. The molecular weight excluding hydrogens is 180 g/mol. The summed E-state index contributed by atoms with van der Waals surface area (Å²) in [5, 5.41) is 7.53. The molecule has 4 nitrogen and oxygen atoms in total. The monoisotopic (exact) mass is 200 g/mol. The number of esters is 1. The highest BCUT2D eigenvalue weighted by atomic mass is 16.5. The zero-order valence-electron chi connectivity index (χ0n) is 9.01. The van der Waals surface area contributed by atoms with Crippen molar-refractivity contribution in [1.29, 1.82) is 5.41 Å². The van der Waals surface area contributed by atoms with Gasteiger partial charge in [-0.1, -0.05) is 20.3 Å². The van der Waals surface area contributed by atoms with Crippen molar-refractivity contribution in [2.24, 2.45) is 11.7 Å². The zero-order chi connectivity index (χ0) is 11.0. The highest BCUT2D eigenvalue weighted by molar-refractivity contribution is 6.35. The topological polar surface area (TPSA) is 76.2 Å². The lowest BCUT2D eigenvalue weighted by molar-refractivity contribution is -0.136. The Morgan fingerprint density at radius 2 is 2.14 bits per heavy atom. The number of carbonyl (C=O) groups is 1. The van der Waals surface area contributed by atoms with Crippen molar-refractivity contribution in [2.45, 2.75) is 33.1 Å². The lowest BCUT2D eigenvalue weighted by Gasteiger charge is -2.12. The van der Waals surface area contributed by atoms with Crippen LogP contribution in [0.1, 0.15) is 33.1 Å². The minimum absolute atomic E-state index is 0.00565. The maximum absolute atomic E-state index is 11.3. The summed E-state index contributed by atoms with van der Waals surface area (Å²) in [5.41, 5.74) is 5.43. The van der Waals surface area contributed by atoms with Gasteiger partial charge in [0, 0.05) is 12.5 Å². The first-order valence-corrected chi connectivity index (χ1v) is 5.12. The fourth-order valence-electron chi connectivity index (χ4n) is 1.04. The molecule has 14 heavy (non-hydrogen) atoms. The summed E-state index contributed by atoms with van der Waals surface area (Å²) in [6.07, 6.45) is 2.53. The Labute approximate surface area is 85.3 Å². The fraction of sp³-hybridized carbons (Fsp3) is 0.800. The third kappa shape index (κ3) is 4.37. The van der Waals surface area contributed by atoms with Crippen LogP contribution in [0.15, 0.2) is 0 Å². The van der Waals surface area contributed by atoms with Crippen LogP contribution in [0.3, 0.4) is 0 Å². The van der Waals surface area contributed by atoms with Crippen LogP contribution in [0.25, 0.3) is 0 Å². The highest BCUT2D eigenvalue weighted by Gasteiger charge is 2.19. The molecule has 0 heterocycles. The van der Waals surface area contributed by atoms with Gasteiger partial charge in [0.2, 0.25) is 0 Å². The van der Waals surface area contributed by atoms with E-state index in [1.54, 1.807) is 0 Å². The Kier molecular flexibility index (Phi) is 7.02. The van der Waals surface area contributed by atoms with Gasteiger partial charge in [-0.05, 0) is 12.8 Å². The number of nitrogens with two attached hydrogens (primary N) is 1. The maximum Gasteiger partial charge on any atom is 0.352 e. The van der Waals surface area contributed by atoms with Gasteiger partial charge in [-0.15, -0.1) is 0 Å². The van der Waals surface area contributed by atoms with E-state index < -0.39 is 5.97 Å². The molecule has 0 radical (unpaired) electrons. The largest absolute Gasteiger partial charge is 0.461 e. The van der Waals surface area contributed by atoms with Crippen LogP contribution in [0, 0.1) is 11.3 Å². The van der Waals surface area contributed by atoms with Crippen molar-refractivity contribution in [3.63, 3.8) is 0 Å². The van der Waals surface area contributed by atoms with E-state index in [0.29, 0.717) is 19.6 Å². The van der Waals surface area contributed by atoms with Gasteiger partial charge < -0.3 is 10.5 Å². The van der Waals surface area contributed by atoms with Crippen molar-refractivity contribution in [3.05, 3.63) is 0 Å². The Bertz CT molecular complexity index is 189. The normalized spacial score (nSPS) is 12.2. The Balaban J connectivity index is 3.91. The summed E-state index contributed by atoms with van der Waals surface area (Å²) in [5.74, 6) is -0.681. The number of nitrogens with one attached hydrogen (secondary N) is 1. The lowest BCUT2D eigenvalue weighted by Crippen LogP contribution is -2.30. The second-order valence-corrected chi connectivity index (χ2v) is 3.24. The average Bonchev–Trinajstić information content (AvgIpc) is 2.19. The van der Waals surface area contributed by atoms with Gasteiger partial charge in [0.25, 0.3) is 0 Å². The smallest absolute Gasteiger partial charge is 0.352 e. The van der Waals surface area contributed by atoms with Crippen LogP contribution in [0.4, 0.5) is 0 Å². The summed E-state index contributed by atoms with van der Waals surface area (Å²) in [6, 6.07) is 0. The van der Waals surface area contributed by atoms with Gasteiger partial charge in [-0.25, -0.2) is 4.79 Å². The third-order valence-electron chi connectivity index (χ3n) is 2.14. The highest BCUT2D eigenvalue weighted by Crippen LogP contribution is 2.04. The van der Waals surface area contributed by atoms with Gasteiger partial charge in [0.1, 0.15) is 5.71 Å². The Morgan fingerprint density at radius 1 is 1.50 bits per heavy atom. The standard InChI is InChI=1S/C10H20N2O2/c1-3-5-6-14-10(13)9(12)8(4-2)7-11/h8,12H,3-7,11H2,1-2H3. The molecule has 0 rings (SSSR count). The fourth-order valence-corrected chi connectivity index (χ4v) is 1.04. The second-order valence-electron chi connectivity index (χ2n) is 3.24. The van der Waals surface area contributed by atoms with Crippen LogP contribution < -0.4 is 5.73 Å². The summed E-state index contributed by atoms with van der Waals surface area (Å²) in [4.78, 5) is 11.3. The van der Waals surface area contributed by atoms with E-state index in [-0.39, 0.29) is 11.6 Å². The minimum Gasteiger partial charge on any atom is -0.461 e. The molecule has 82 valence electrons. The van der Waals surface area contributed by atoms with Crippen molar-refractivity contribution in [3.8, 4) is 0 Å². The molecule has 0 amide bonds. The molecule has 0 bridgehead atoms. The van der Waals surface area contributed by atoms with E-state index in [4.69, 9.17) is 15.9 Å². The van der Waals surface area contributed by atoms with Crippen LogP contribution >= 0.6 is 0 Å². The number of rotatable bonds is 7. The SMILES string of the molecule is CCCCOC(=O)C(=N)C(CC)CN. The molecule has 0 fully saturated rings. The third-order valence-corrected chi connectivity index (χ3v) is 2.14. The summed E-state index contributed by atoms with van der Waals surface area (Å²) in [7, 11) is 0. The first-order chi connectivity index (χ1) is 6.67. The number of carbonyl (C=O) groups excluding carboxylic acids is 1. The predicted molar refractivity (Wildman–Crippen MR) is 56.4 cm³/mol. The van der Waals surface area contributed by atoms with E-state index in [0.717, 1.165) is 12.8 Å². The predicted octanol–water partition coefficient (Wildman–Crippen LogP) is 1.33. The van der Waals surface area contributed by atoms with Crippen LogP contribution in [0.2, 0.25) is 0 Å². The molecular formula is C10H20N2O2. The van der Waals surface area contributed by atoms with E-state index in [2.05, 4.69) is 0 Å². The molecule has 0 aliphatic heterocycles. The lowest BCUT2D eigenvalue weighted by atomic mass is 10.0. The van der Waals surface area contributed by atoms with Crippen LogP contribution in [-0.2, 0) is 9.53 Å². The van der Waals surface area contributed by atoms with Gasteiger partial charge in [-0.2, -0.15) is 0 Å². The zero-order valence-corrected chi connectivity index (χ0v) is 9.01. The van der Waals surface area contributed by atoms with Crippen molar-refractivity contribution < 1.29 is 9.53 Å². The maximum atomic E-state index is 11.3. The molecule has 0 aromatic carbocycles. The van der Waals surface area contributed by atoms with E-state index in [1.165, 1.54) is 0 Å². The molecule has 0 saturated heterocycles. The van der Waals surface area contributed by atoms with E-state index >= 15 is 0 Å². The first-order valence-electron chi connectivity index (χ1n) is 5.12. The average molecular weight is 200 g/mol. The molecule has 0 aromatic rings. The molecule has 0 saturated carbocycles. The van der Waals surface area contributed by atoms with E-state index in [9.17, 15) is 4.79 Å². The molecule has 1 unspecified atom stereocenters. The van der Waals surface area contributed by atoms with Gasteiger partial charge >= 0.3 is 5.97 Å². The molecule has 0 aromatic heterocycles. The Hall–Kier alpha value is -0.900. The molecule has 3 N–H and O–H groups in total. The van der Waals surface area contributed by atoms with E-state index in [1.807, 2.05) is 13.8 Å². The Morgan fingerprint density at radius 3 is 2.57 bits per heavy atom. The molecule has 0 spiro atoms. The van der Waals surface area contributed by atoms with Crippen LogP contribution in [-0.4, -0.2) is 24.8 Å². The summed E-state index contributed by atoms with van der Waals surface area (Å²) in [6.45, 7) is 4.66. The number of hydrogen-bond acceptors (Lipinski definition) is 4. The second kappa shape index (κ2) is 7.50. The van der Waals surface area contributed by atoms with Crippen molar-refractivity contribution >= 4 is 11.7 Å². The van der Waals surface area contributed by atoms with Crippen molar-refractivity contribution in [2.75, 3.05) is 13.2 Å². The van der Waals surface area contributed by atoms with Gasteiger partial charge in [0.05, 0.1) is 6.61 Å².